The monoisotopic (exact) mass is 277 g/mol. The van der Waals surface area contributed by atoms with Crippen molar-refractivity contribution in [1.29, 1.82) is 0 Å². The van der Waals surface area contributed by atoms with E-state index < -0.39 is 42.7 Å². The molecule has 5 N–H and O–H groups in total. The van der Waals surface area contributed by atoms with Crippen molar-refractivity contribution in [2.75, 3.05) is 6.61 Å². The SMILES string of the molecule is CC(C)C[C@H](NC1(C)O[C@H](CO)[C@@H](O)[C@@H]1O)C(=O)O. The van der Waals surface area contributed by atoms with Crippen LogP contribution >= 0.6 is 0 Å². The number of nitrogens with one attached hydrogen (secondary N) is 1. The van der Waals surface area contributed by atoms with E-state index >= 15 is 0 Å². The van der Waals surface area contributed by atoms with Gasteiger partial charge in [-0.25, -0.2) is 0 Å². The molecule has 112 valence electrons. The third-order valence-electron chi connectivity index (χ3n) is 3.31. The highest BCUT2D eigenvalue weighted by atomic mass is 16.6. The number of rotatable bonds is 6. The Hall–Kier alpha value is -0.730. The number of hydrogen-bond acceptors (Lipinski definition) is 6. The Morgan fingerprint density at radius 3 is 2.37 bits per heavy atom. The fourth-order valence-corrected chi connectivity index (χ4v) is 2.29. The van der Waals surface area contributed by atoms with Crippen LogP contribution in [0.3, 0.4) is 0 Å². The highest BCUT2D eigenvalue weighted by Crippen LogP contribution is 2.29. The Bertz CT molecular complexity index is 323. The van der Waals surface area contributed by atoms with Crippen molar-refractivity contribution in [3.05, 3.63) is 0 Å². The third kappa shape index (κ3) is 3.64. The number of ether oxygens (including phenoxy) is 1. The molecule has 7 heteroatoms. The first-order valence-electron chi connectivity index (χ1n) is 6.36. The van der Waals surface area contributed by atoms with E-state index in [4.69, 9.17) is 14.9 Å². The van der Waals surface area contributed by atoms with E-state index in [0.29, 0.717) is 6.42 Å². The van der Waals surface area contributed by atoms with Crippen LogP contribution in [0.25, 0.3) is 0 Å². The number of carboxylic acid groups (broad SMARTS) is 1. The molecular formula is C12H23NO6. The molecule has 0 aromatic heterocycles. The summed E-state index contributed by atoms with van der Waals surface area (Å²) in [5.74, 6) is -0.901. The molecule has 1 heterocycles. The maximum atomic E-state index is 11.2. The largest absolute Gasteiger partial charge is 0.480 e. The van der Waals surface area contributed by atoms with Crippen LogP contribution in [-0.2, 0) is 9.53 Å². The Morgan fingerprint density at radius 1 is 1.42 bits per heavy atom. The standard InChI is InChI=1S/C12H23NO6/c1-6(2)4-7(11(17)18)13-12(3)10(16)9(15)8(5-14)19-12/h6-10,13-16H,4-5H2,1-3H3,(H,17,18)/t7-,8+,9+,10-,12?/m0/s1. The van der Waals surface area contributed by atoms with Crippen molar-refractivity contribution >= 4 is 5.97 Å². The molecule has 0 aromatic rings. The first kappa shape index (κ1) is 16.3. The molecule has 19 heavy (non-hydrogen) atoms. The lowest BCUT2D eigenvalue weighted by atomic mass is 9.99. The van der Waals surface area contributed by atoms with Crippen LogP contribution in [0, 0.1) is 5.92 Å². The van der Waals surface area contributed by atoms with E-state index in [1.54, 1.807) is 0 Å². The van der Waals surface area contributed by atoms with Gasteiger partial charge in [-0.1, -0.05) is 13.8 Å². The minimum absolute atomic E-state index is 0.148. The number of hydrogen-bond donors (Lipinski definition) is 5. The topological polar surface area (TPSA) is 119 Å². The normalized spacial score (nSPS) is 36.7. The lowest BCUT2D eigenvalue weighted by Crippen LogP contribution is -2.58. The van der Waals surface area contributed by atoms with Gasteiger partial charge >= 0.3 is 5.97 Å². The van der Waals surface area contributed by atoms with E-state index in [9.17, 15) is 15.0 Å². The summed E-state index contributed by atoms with van der Waals surface area (Å²) < 4.78 is 5.36. The van der Waals surface area contributed by atoms with Crippen LogP contribution in [0.1, 0.15) is 27.2 Å². The van der Waals surface area contributed by atoms with Crippen LogP contribution in [0.15, 0.2) is 0 Å². The summed E-state index contributed by atoms with van der Waals surface area (Å²) in [5, 5.41) is 40.6. The Morgan fingerprint density at radius 2 is 2.00 bits per heavy atom. The van der Waals surface area contributed by atoms with Gasteiger partial charge in [-0.05, 0) is 19.3 Å². The van der Waals surface area contributed by atoms with E-state index in [2.05, 4.69) is 5.32 Å². The molecule has 0 radical (unpaired) electrons. The predicted molar refractivity (Wildman–Crippen MR) is 66.4 cm³/mol. The van der Waals surface area contributed by atoms with Crippen molar-refractivity contribution < 1.29 is 30.0 Å². The van der Waals surface area contributed by atoms with Crippen LogP contribution in [0.5, 0.6) is 0 Å². The molecular weight excluding hydrogens is 254 g/mol. The van der Waals surface area contributed by atoms with Crippen molar-refractivity contribution in [3.8, 4) is 0 Å². The Labute approximate surface area is 112 Å². The van der Waals surface area contributed by atoms with Gasteiger partial charge in [0.15, 0.2) is 0 Å². The molecule has 1 aliphatic rings. The first-order chi connectivity index (χ1) is 8.71. The fraction of sp³-hybridized carbons (Fsp3) is 0.917. The molecule has 1 saturated heterocycles. The number of carbonyl (C=O) groups is 1. The van der Waals surface area contributed by atoms with Crippen LogP contribution in [0.2, 0.25) is 0 Å². The maximum absolute atomic E-state index is 11.2. The zero-order valence-corrected chi connectivity index (χ0v) is 11.4. The highest BCUT2D eigenvalue weighted by molar-refractivity contribution is 5.73. The zero-order valence-electron chi connectivity index (χ0n) is 11.4. The molecule has 1 aliphatic heterocycles. The van der Waals surface area contributed by atoms with E-state index in [-0.39, 0.29) is 5.92 Å². The zero-order chi connectivity index (χ0) is 14.8. The van der Waals surface area contributed by atoms with Crippen molar-refractivity contribution in [1.82, 2.24) is 5.32 Å². The minimum atomic E-state index is -1.40. The summed E-state index contributed by atoms with van der Waals surface area (Å²) in [5.41, 5.74) is -1.40. The molecule has 7 nitrogen and oxygen atoms in total. The first-order valence-corrected chi connectivity index (χ1v) is 6.36. The van der Waals surface area contributed by atoms with Gasteiger partial charge in [0.05, 0.1) is 6.61 Å². The molecule has 0 spiro atoms. The summed E-state index contributed by atoms with van der Waals surface area (Å²) >= 11 is 0. The third-order valence-corrected chi connectivity index (χ3v) is 3.31. The Balaban J connectivity index is 2.80. The molecule has 5 atom stereocenters. The lowest BCUT2D eigenvalue weighted by Gasteiger charge is -2.32. The minimum Gasteiger partial charge on any atom is -0.480 e. The average molecular weight is 277 g/mol. The molecule has 1 fully saturated rings. The van der Waals surface area contributed by atoms with Gasteiger partial charge in [0, 0.05) is 0 Å². The van der Waals surface area contributed by atoms with Gasteiger partial charge in [-0.3, -0.25) is 10.1 Å². The molecule has 0 saturated carbocycles. The fourth-order valence-electron chi connectivity index (χ4n) is 2.29. The van der Waals surface area contributed by atoms with Gasteiger partial charge in [0.25, 0.3) is 0 Å². The van der Waals surface area contributed by atoms with Gasteiger partial charge in [-0.2, -0.15) is 0 Å². The lowest BCUT2D eigenvalue weighted by molar-refractivity contribution is -0.148. The maximum Gasteiger partial charge on any atom is 0.320 e. The smallest absolute Gasteiger partial charge is 0.320 e. The Kier molecular flexibility index (Phi) is 5.28. The molecule has 0 bridgehead atoms. The number of aliphatic hydroxyl groups excluding tert-OH is 3. The van der Waals surface area contributed by atoms with Gasteiger partial charge in [-0.15, -0.1) is 0 Å². The number of aliphatic hydroxyl groups is 3. The summed E-state index contributed by atoms with van der Waals surface area (Å²) in [7, 11) is 0. The highest BCUT2D eigenvalue weighted by Gasteiger charge is 2.52. The second-order valence-corrected chi connectivity index (χ2v) is 5.55. The van der Waals surface area contributed by atoms with Gasteiger partial charge in [0.1, 0.15) is 30.1 Å². The molecule has 0 amide bonds. The van der Waals surface area contributed by atoms with Crippen molar-refractivity contribution in [3.63, 3.8) is 0 Å². The summed E-state index contributed by atoms with van der Waals surface area (Å²) in [6.07, 6.45) is -3.13. The predicted octanol–water partition coefficient (Wildman–Crippen LogP) is -1.10. The van der Waals surface area contributed by atoms with Crippen LogP contribution in [-0.4, -0.2) is 63.1 Å². The van der Waals surface area contributed by atoms with E-state index in [1.165, 1.54) is 6.92 Å². The molecule has 0 aromatic carbocycles. The van der Waals surface area contributed by atoms with Gasteiger partial charge < -0.3 is 25.2 Å². The number of carboxylic acids is 1. The summed E-state index contributed by atoms with van der Waals surface area (Å²) in [6.45, 7) is 4.79. The number of aliphatic carboxylic acids is 1. The summed E-state index contributed by atoms with van der Waals surface area (Å²) in [4.78, 5) is 11.2. The molecule has 0 aliphatic carbocycles. The molecule has 1 unspecified atom stereocenters. The van der Waals surface area contributed by atoms with E-state index in [0.717, 1.165) is 0 Å². The van der Waals surface area contributed by atoms with Crippen molar-refractivity contribution in [2.24, 2.45) is 5.92 Å². The van der Waals surface area contributed by atoms with Crippen LogP contribution < -0.4 is 5.32 Å². The summed E-state index contributed by atoms with van der Waals surface area (Å²) in [6, 6.07) is -0.899. The average Bonchev–Trinajstić information content (AvgIpc) is 2.52. The molecule has 1 rings (SSSR count). The second-order valence-electron chi connectivity index (χ2n) is 5.55. The van der Waals surface area contributed by atoms with Crippen molar-refractivity contribution in [2.45, 2.75) is 57.3 Å². The van der Waals surface area contributed by atoms with Gasteiger partial charge in [0.2, 0.25) is 0 Å². The van der Waals surface area contributed by atoms with E-state index in [1.807, 2.05) is 13.8 Å². The second kappa shape index (κ2) is 6.15. The quantitative estimate of drug-likeness (QED) is 0.418. The van der Waals surface area contributed by atoms with Crippen LogP contribution in [0.4, 0.5) is 0 Å².